The molecule has 4 nitrogen and oxygen atoms in total. The number of nitrogens with two attached hydrogens (primary N) is 1. The minimum absolute atomic E-state index is 0.341. The van der Waals surface area contributed by atoms with Crippen LogP contribution in [0.3, 0.4) is 0 Å². The third kappa shape index (κ3) is 1.88. The van der Waals surface area contributed by atoms with E-state index in [9.17, 15) is 17.2 Å². The quantitative estimate of drug-likeness (QED) is 0.812. The molecule has 0 radical (unpaired) electrons. The molecule has 1 aromatic rings. The third-order valence-electron chi connectivity index (χ3n) is 2.48. The van der Waals surface area contributed by atoms with Crippen LogP contribution in [0.4, 0.5) is 14.5 Å². The zero-order valence-electron chi connectivity index (χ0n) is 8.20. The number of benzene rings is 1. The predicted octanol–water partition coefficient (Wildman–Crippen LogP) is 0.779. The first-order chi connectivity index (χ1) is 7.41. The van der Waals surface area contributed by atoms with Crippen LogP contribution in [0, 0.1) is 5.82 Å². The van der Waals surface area contributed by atoms with Crippen molar-refractivity contribution in [1.82, 2.24) is 0 Å². The van der Waals surface area contributed by atoms with E-state index in [1.807, 2.05) is 0 Å². The molecule has 0 saturated carbocycles. The van der Waals surface area contributed by atoms with Crippen LogP contribution in [-0.4, -0.2) is 21.1 Å². The highest BCUT2D eigenvalue weighted by Gasteiger charge is 2.25. The molecule has 2 rings (SSSR count). The van der Waals surface area contributed by atoms with Crippen molar-refractivity contribution in [1.29, 1.82) is 0 Å². The number of nitrogens with one attached hydrogen (secondary N) is 1. The van der Waals surface area contributed by atoms with Crippen molar-refractivity contribution in [2.75, 3.05) is 12.0 Å². The second kappa shape index (κ2) is 3.67. The first kappa shape index (κ1) is 11.3. The Morgan fingerprint density at radius 3 is 2.75 bits per heavy atom. The van der Waals surface area contributed by atoms with Crippen LogP contribution >= 0.6 is 0 Å². The SMILES string of the molecule is NS(=O)(=O)c1cc2c(cc1F)CC(CF)N2. The molecule has 0 aliphatic carbocycles. The van der Waals surface area contributed by atoms with Crippen molar-refractivity contribution in [2.24, 2.45) is 5.14 Å². The lowest BCUT2D eigenvalue weighted by Crippen LogP contribution is -2.17. The van der Waals surface area contributed by atoms with Gasteiger partial charge in [0, 0.05) is 5.69 Å². The van der Waals surface area contributed by atoms with E-state index in [1.165, 1.54) is 0 Å². The number of sulfonamides is 1. The van der Waals surface area contributed by atoms with Gasteiger partial charge in [0.25, 0.3) is 0 Å². The maximum absolute atomic E-state index is 13.4. The second-order valence-electron chi connectivity index (χ2n) is 3.68. The maximum atomic E-state index is 13.4. The molecule has 0 fully saturated rings. The average molecular weight is 248 g/mol. The summed E-state index contributed by atoms with van der Waals surface area (Å²) >= 11 is 0. The molecule has 7 heteroatoms. The summed E-state index contributed by atoms with van der Waals surface area (Å²) < 4.78 is 47.9. The van der Waals surface area contributed by atoms with E-state index in [2.05, 4.69) is 5.32 Å². The Morgan fingerprint density at radius 1 is 1.50 bits per heavy atom. The van der Waals surface area contributed by atoms with Crippen LogP contribution in [0.5, 0.6) is 0 Å². The summed E-state index contributed by atoms with van der Waals surface area (Å²) in [6, 6.07) is 1.76. The fourth-order valence-corrected chi connectivity index (χ4v) is 2.36. The minimum atomic E-state index is -4.09. The van der Waals surface area contributed by atoms with Gasteiger partial charge >= 0.3 is 0 Å². The summed E-state index contributed by atoms with van der Waals surface area (Å²) in [6.07, 6.45) is 0.341. The molecule has 0 aromatic heterocycles. The van der Waals surface area contributed by atoms with Crippen LogP contribution in [0.25, 0.3) is 0 Å². The molecule has 1 aromatic carbocycles. The highest BCUT2D eigenvalue weighted by atomic mass is 32.2. The number of hydrogen-bond acceptors (Lipinski definition) is 3. The van der Waals surface area contributed by atoms with Gasteiger partial charge in [-0.25, -0.2) is 22.3 Å². The molecule has 1 unspecified atom stereocenters. The second-order valence-corrected chi connectivity index (χ2v) is 5.21. The van der Waals surface area contributed by atoms with Crippen LogP contribution in [0.15, 0.2) is 17.0 Å². The Bertz CT molecular complexity index is 531. The van der Waals surface area contributed by atoms with Crippen LogP contribution in [0.1, 0.15) is 5.56 Å². The van der Waals surface area contributed by atoms with Gasteiger partial charge in [-0.2, -0.15) is 0 Å². The van der Waals surface area contributed by atoms with Crippen molar-refractivity contribution in [3.05, 3.63) is 23.5 Å². The lowest BCUT2D eigenvalue weighted by Gasteiger charge is -2.06. The Kier molecular flexibility index (Phi) is 2.59. The first-order valence-electron chi connectivity index (χ1n) is 4.59. The standard InChI is InChI=1S/C9H10F2N2O2S/c10-4-6-1-5-2-7(11)9(16(12,14)15)3-8(5)13-6/h2-3,6,13H,1,4H2,(H2,12,14,15). The van der Waals surface area contributed by atoms with E-state index in [4.69, 9.17) is 5.14 Å². The van der Waals surface area contributed by atoms with E-state index in [0.29, 0.717) is 17.7 Å². The number of fused-ring (bicyclic) bond motifs is 1. The molecule has 88 valence electrons. The lowest BCUT2D eigenvalue weighted by atomic mass is 10.1. The van der Waals surface area contributed by atoms with Gasteiger partial charge in [-0.3, -0.25) is 0 Å². The smallest absolute Gasteiger partial charge is 0.241 e. The van der Waals surface area contributed by atoms with Crippen molar-refractivity contribution in [3.63, 3.8) is 0 Å². The minimum Gasteiger partial charge on any atom is -0.379 e. The molecule has 0 spiro atoms. The Hall–Kier alpha value is -1.21. The summed E-state index contributed by atoms with van der Waals surface area (Å²) in [5, 5.41) is 7.61. The van der Waals surface area contributed by atoms with Gasteiger partial charge in [0.2, 0.25) is 10.0 Å². The predicted molar refractivity (Wildman–Crippen MR) is 54.9 cm³/mol. The van der Waals surface area contributed by atoms with Gasteiger partial charge in [-0.15, -0.1) is 0 Å². The molecule has 0 bridgehead atoms. The van der Waals surface area contributed by atoms with Crippen molar-refractivity contribution in [3.8, 4) is 0 Å². The molecule has 1 atom stereocenters. The van der Waals surface area contributed by atoms with E-state index < -0.39 is 33.5 Å². The van der Waals surface area contributed by atoms with E-state index >= 15 is 0 Å². The first-order valence-corrected chi connectivity index (χ1v) is 6.14. The third-order valence-corrected chi connectivity index (χ3v) is 3.40. The molecular weight excluding hydrogens is 238 g/mol. The fraction of sp³-hybridized carbons (Fsp3) is 0.333. The molecule has 0 amide bonds. The molecule has 1 aliphatic heterocycles. The molecule has 1 aliphatic rings. The highest BCUT2D eigenvalue weighted by Crippen LogP contribution is 2.30. The van der Waals surface area contributed by atoms with E-state index in [-0.39, 0.29) is 0 Å². The number of alkyl halides is 1. The summed E-state index contributed by atoms with van der Waals surface area (Å²) in [7, 11) is -4.09. The van der Waals surface area contributed by atoms with Gasteiger partial charge in [0.05, 0.1) is 6.04 Å². The van der Waals surface area contributed by atoms with Crippen LogP contribution < -0.4 is 10.5 Å². The average Bonchev–Trinajstić information content (AvgIpc) is 2.56. The van der Waals surface area contributed by atoms with Crippen LogP contribution in [0.2, 0.25) is 0 Å². The topological polar surface area (TPSA) is 72.2 Å². The summed E-state index contributed by atoms with van der Waals surface area (Å²) in [6.45, 7) is -0.596. The van der Waals surface area contributed by atoms with Gasteiger partial charge in [0.15, 0.2) is 0 Å². The van der Waals surface area contributed by atoms with Crippen molar-refractivity contribution < 1.29 is 17.2 Å². The number of anilines is 1. The zero-order valence-corrected chi connectivity index (χ0v) is 9.02. The maximum Gasteiger partial charge on any atom is 0.241 e. The molecule has 1 heterocycles. The van der Waals surface area contributed by atoms with E-state index in [1.54, 1.807) is 0 Å². The number of primary sulfonamides is 1. The van der Waals surface area contributed by atoms with Gasteiger partial charge in [0.1, 0.15) is 17.4 Å². The van der Waals surface area contributed by atoms with Crippen molar-refractivity contribution in [2.45, 2.75) is 17.4 Å². The Labute approximate surface area is 91.5 Å². The summed E-state index contributed by atoms with van der Waals surface area (Å²) in [5.74, 6) is -0.900. The zero-order chi connectivity index (χ0) is 11.9. The number of hydrogen-bond donors (Lipinski definition) is 2. The normalized spacial score (nSPS) is 19.3. The summed E-state index contributed by atoms with van der Waals surface area (Å²) in [5.41, 5.74) is 0.987. The summed E-state index contributed by atoms with van der Waals surface area (Å²) in [4.78, 5) is -0.571. The molecule has 0 saturated heterocycles. The molecule has 16 heavy (non-hydrogen) atoms. The fourth-order valence-electron chi connectivity index (χ4n) is 1.75. The number of rotatable bonds is 2. The van der Waals surface area contributed by atoms with Gasteiger partial charge in [-0.1, -0.05) is 0 Å². The Balaban J connectivity index is 2.49. The largest absolute Gasteiger partial charge is 0.379 e. The van der Waals surface area contributed by atoms with Crippen LogP contribution in [-0.2, 0) is 16.4 Å². The molecular formula is C9H10F2N2O2S. The Morgan fingerprint density at radius 2 is 2.19 bits per heavy atom. The van der Waals surface area contributed by atoms with Gasteiger partial charge in [-0.05, 0) is 24.1 Å². The molecule has 3 N–H and O–H groups in total. The highest BCUT2D eigenvalue weighted by molar-refractivity contribution is 7.89. The number of halogens is 2. The monoisotopic (exact) mass is 248 g/mol. The van der Waals surface area contributed by atoms with E-state index in [0.717, 1.165) is 12.1 Å². The lowest BCUT2D eigenvalue weighted by molar-refractivity contribution is 0.450. The van der Waals surface area contributed by atoms with Crippen molar-refractivity contribution >= 4 is 15.7 Å². The van der Waals surface area contributed by atoms with Gasteiger partial charge < -0.3 is 5.32 Å².